The molecule has 3 aromatic rings. The van der Waals surface area contributed by atoms with Gasteiger partial charge in [0.25, 0.3) is 5.91 Å². The molecule has 0 aromatic heterocycles. The van der Waals surface area contributed by atoms with E-state index in [1.54, 1.807) is 48.5 Å². The third-order valence-corrected chi connectivity index (χ3v) is 8.07. The van der Waals surface area contributed by atoms with Gasteiger partial charge in [0.05, 0.1) is 16.1 Å². The largest absolute Gasteiger partial charge is 0.506 e. The first-order valence-corrected chi connectivity index (χ1v) is 14.5. The Kier molecular flexibility index (Phi) is 8.51. The van der Waals surface area contributed by atoms with Gasteiger partial charge in [0, 0.05) is 22.6 Å². The van der Waals surface area contributed by atoms with E-state index >= 15 is 0 Å². The molecule has 11 heteroatoms. The first-order valence-electron chi connectivity index (χ1n) is 12.5. The van der Waals surface area contributed by atoms with E-state index in [9.17, 15) is 23.7 Å². The van der Waals surface area contributed by atoms with Crippen LogP contribution in [0.4, 0.5) is 10.5 Å². The summed E-state index contributed by atoms with van der Waals surface area (Å²) in [5.41, 5.74) is 1.42. The van der Waals surface area contributed by atoms with Gasteiger partial charge in [-0.05, 0) is 47.5 Å². The zero-order valence-corrected chi connectivity index (χ0v) is 23.9. The Bertz CT molecular complexity index is 1440. The van der Waals surface area contributed by atoms with Gasteiger partial charge in [0.15, 0.2) is 0 Å². The van der Waals surface area contributed by atoms with Crippen LogP contribution < -0.4 is 14.8 Å². The Balaban J connectivity index is 1.52. The molecule has 9 nitrogen and oxygen atoms in total. The number of rotatable bonds is 9. The van der Waals surface area contributed by atoms with Gasteiger partial charge in [-0.1, -0.05) is 64.1 Å². The lowest BCUT2D eigenvalue weighted by molar-refractivity contribution is -0.118. The predicted octanol–water partition coefficient (Wildman–Crippen LogP) is 4.93. The van der Waals surface area contributed by atoms with E-state index in [4.69, 9.17) is 0 Å². The number of imide groups is 1. The highest BCUT2D eigenvalue weighted by molar-refractivity contribution is 7.98. The Labute approximate surface area is 234 Å². The standard InChI is InChI=1S/C28H32N4O5S2/c1-17(14-28(2,3)4)38-30-26(35)22-13-23(20-7-5-6-8-21(20)25(22)34)31-39(37)19-11-9-18(10-12-19)15-32-16-24(33)29-27(32)36/h5-13,17,31,34H,14-16H2,1-4H3,(H,30,35)(H,29,33,36). The topological polar surface area (TPSA) is 128 Å². The number of fused-ring (bicyclic) bond motifs is 1. The first-order chi connectivity index (χ1) is 18.4. The Morgan fingerprint density at radius 1 is 1.13 bits per heavy atom. The number of hydrogen-bond donors (Lipinski definition) is 4. The van der Waals surface area contributed by atoms with Crippen LogP contribution in [0.5, 0.6) is 5.75 Å². The van der Waals surface area contributed by atoms with Crippen LogP contribution in [0.3, 0.4) is 0 Å². The molecular formula is C28H32N4O5S2. The number of benzene rings is 3. The molecule has 2 unspecified atom stereocenters. The molecule has 1 heterocycles. The van der Waals surface area contributed by atoms with Gasteiger partial charge in [0.1, 0.15) is 23.3 Å². The van der Waals surface area contributed by atoms with Gasteiger partial charge in [-0.15, -0.1) is 0 Å². The lowest BCUT2D eigenvalue weighted by atomic mass is 9.91. The summed E-state index contributed by atoms with van der Waals surface area (Å²) < 4.78 is 19.1. The molecule has 0 radical (unpaired) electrons. The molecular weight excluding hydrogens is 536 g/mol. The van der Waals surface area contributed by atoms with Gasteiger partial charge in [-0.2, -0.15) is 0 Å². The van der Waals surface area contributed by atoms with Crippen molar-refractivity contribution < 1.29 is 23.7 Å². The lowest BCUT2D eigenvalue weighted by Gasteiger charge is -2.22. The van der Waals surface area contributed by atoms with Crippen LogP contribution in [-0.4, -0.2) is 43.9 Å². The van der Waals surface area contributed by atoms with Crippen molar-refractivity contribution in [2.24, 2.45) is 5.41 Å². The highest BCUT2D eigenvalue weighted by Crippen LogP contribution is 2.36. The Hall–Kier alpha value is -3.57. The number of carbonyl (C=O) groups excluding carboxylic acids is 3. The second kappa shape index (κ2) is 11.7. The summed E-state index contributed by atoms with van der Waals surface area (Å²) in [6, 6.07) is 15.0. The smallest absolute Gasteiger partial charge is 0.324 e. The minimum absolute atomic E-state index is 0.00587. The second-order valence-corrected chi connectivity index (χ2v) is 13.2. The van der Waals surface area contributed by atoms with Crippen molar-refractivity contribution in [3.05, 3.63) is 65.7 Å². The fourth-order valence-corrected chi connectivity index (χ4v) is 6.31. The summed E-state index contributed by atoms with van der Waals surface area (Å²) in [5.74, 6) is -0.918. The average molecular weight is 569 g/mol. The zero-order chi connectivity index (χ0) is 28.3. The van der Waals surface area contributed by atoms with E-state index in [1.807, 2.05) is 6.92 Å². The van der Waals surface area contributed by atoms with Crippen molar-refractivity contribution in [2.45, 2.75) is 50.8 Å². The van der Waals surface area contributed by atoms with E-state index in [0.717, 1.165) is 12.0 Å². The molecule has 3 aromatic carbocycles. The maximum absolute atomic E-state index is 13.2. The SMILES string of the molecule is CC(CC(C)(C)C)SNC(=O)c1cc(NS(=O)c2ccc(CN3CC(=O)NC3=O)cc2)c2ccccc2c1O. The minimum atomic E-state index is -1.68. The van der Waals surface area contributed by atoms with Gasteiger partial charge >= 0.3 is 6.03 Å². The van der Waals surface area contributed by atoms with Crippen molar-refractivity contribution in [3.63, 3.8) is 0 Å². The number of carbonyl (C=O) groups is 3. The van der Waals surface area contributed by atoms with Gasteiger partial charge in [-0.3, -0.25) is 19.6 Å². The summed E-state index contributed by atoms with van der Waals surface area (Å²) in [5, 5.41) is 14.4. The number of anilines is 1. The van der Waals surface area contributed by atoms with Gasteiger partial charge < -0.3 is 14.7 Å². The molecule has 1 aliphatic rings. The van der Waals surface area contributed by atoms with E-state index in [1.165, 1.54) is 22.9 Å². The maximum Gasteiger partial charge on any atom is 0.324 e. The van der Waals surface area contributed by atoms with Crippen molar-refractivity contribution >= 4 is 57.2 Å². The number of nitrogens with one attached hydrogen (secondary N) is 3. The third kappa shape index (κ3) is 7.10. The van der Waals surface area contributed by atoms with Crippen LogP contribution in [0.15, 0.2) is 59.5 Å². The molecule has 0 aliphatic carbocycles. The average Bonchev–Trinajstić information content (AvgIpc) is 3.19. The first kappa shape index (κ1) is 28.4. The fraction of sp³-hybridized carbons (Fsp3) is 0.321. The number of phenols is 1. The normalized spacial score (nSPS) is 15.2. The number of amides is 4. The van der Waals surface area contributed by atoms with Crippen molar-refractivity contribution in [1.29, 1.82) is 0 Å². The van der Waals surface area contributed by atoms with Gasteiger partial charge in [0.2, 0.25) is 5.91 Å². The third-order valence-electron chi connectivity index (χ3n) is 6.09. The molecule has 0 saturated carbocycles. The molecule has 1 aliphatic heterocycles. The number of aromatic hydroxyl groups is 1. The minimum Gasteiger partial charge on any atom is -0.506 e. The predicted molar refractivity (Wildman–Crippen MR) is 155 cm³/mol. The molecule has 4 amide bonds. The Morgan fingerprint density at radius 2 is 1.79 bits per heavy atom. The quantitative estimate of drug-likeness (QED) is 0.165. The molecule has 39 heavy (non-hydrogen) atoms. The van der Waals surface area contributed by atoms with Crippen LogP contribution in [-0.2, 0) is 22.3 Å². The van der Waals surface area contributed by atoms with Crippen molar-refractivity contribution in [3.8, 4) is 5.75 Å². The monoisotopic (exact) mass is 568 g/mol. The number of phenolic OH excluding ortho intramolecular Hbond substituents is 1. The van der Waals surface area contributed by atoms with Crippen LogP contribution in [0, 0.1) is 5.41 Å². The van der Waals surface area contributed by atoms with Crippen LogP contribution in [0.25, 0.3) is 10.8 Å². The summed E-state index contributed by atoms with van der Waals surface area (Å²) in [4.78, 5) is 38.1. The zero-order valence-electron chi connectivity index (χ0n) is 22.2. The van der Waals surface area contributed by atoms with Crippen LogP contribution in [0.2, 0.25) is 0 Å². The molecule has 206 valence electrons. The molecule has 1 fully saturated rings. The van der Waals surface area contributed by atoms with E-state index in [-0.39, 0.29) is 41.0 Å². The summed E-state index contributed by atoms with van der Waals surface area (Å²) in [6.07, 6.45) is 0.898. The Morgan fingerprint density at radius 3 is 2.41 bits per heavy atom. The molecule has 0 bridgehead atoms. The van der Waals surface area contributed by atoms with E-state index in [0.29, 0.717) is 21.4 Å². The van der Waals surface area contributed by atoms with Gasteiger partial charge in [-0.25, -0.2) is 9.00 Å². The van der Waals surface area contributed by atoms with Crippen LogP contribution in [0.1, 0.15) is 50.0 Å². The molecule has 0 spiro atoms. The highest BCUT2D eigenvalue weighted by atomic mass is 32.2. The number of hydrogen-bond acceptors (Lipinski definition) is 6. The van der Waals surface area contributed by atoms with E-state index in [2.05, 4.69) is 35.5 Å². The number of urea groups is 1. The lowest BCUT2D eigenvalue weighted by Crippen LogP contribution is -2.27. The number of nitrogens with zero attached hydrogens (tertiary/aromatic N) is 1. The fourth-order valence-electron chi connectivity index (χ4n) is 4.44. The van der Waals surface area contributed by atoms with E-state index < -0.39 is 22.9 Å². The second-order valence-electron chi connectivity index (χ2n) is 10.7. The van der Waals surface area contributed by atoms with Crippen molar-refractivity contribution in [1.82, 2.24) is 14.9 Å². The van der Waals surface area contributed by atoms with Crippen molar-refractivity contribution in [2.75, 3.05) is 11.3 Å². The molecule has 2 atom stereocenters. The molecule has 1 saturated heterocycles. The highest BCUT2D eigenvalue weighted by Gasteiger charge is 2.26. The summed E-state index contributed by atoms with van der Waals surface area (Å²) >= 11 is 1.31. The van der Waals surface area contributed by atoms with Crippen LogP contribution >= 0.6 is 11.9 Å². The summed E-state index contributed by atoms with van der Waals surface area (Å²) in [7, 11) is -1.68. The molecule has 4 rings (SSSR count). The summed E-state index contributed by atoms with van der Waals surface area (Å²) in [6.45, 7) is 8.72. The molecule has 4 N–H and O–H groups in total. The maximum atomic E-state index is 13.2.